The molecule has 0 bridgehead atoms. The quantitative estimate of drug-likeness (QED) is 0.667. The predicted octanol–water partition coefficient (Wildman–Crippen LogP) is 3.34. The van der Waals surface area contributed by atoms with Gasteiger partial charge in [-0.2, -0.15) is 0 Å². The molecule has 5 nitrogen and oxygen atoms in total. The molecule has 2 heterocycles. The lowest BCUT2D eigenvalue weighted by Crippen LogP contribution is -2.45. The van der Waals surface area contributed by atoms with Gasteiger partial charge >= 0.3 is 0 Å². The van der Waals surface area contributed by atoms with E-state index in [2.05, 4.69) is 15.4 Å². The van der Waals surface area contributed by atoms with Crippen LogP contribution >= 0.6 is 35.0 Å². The Morgan fingerprint density at radius 3 is 2.71 bits per heavy atom. The van der Waals surface area contributed by atoms with Crippen LogP contribution in [0.3, 0.4) is 0 Å². The summed E-state index contributed by atoms with van der Waals surface area (Å²) in [6.07, 6.45) is 3.58. The lowest BCUT2D eigenvalue weighted by Gasteiger charge is -2.32. The van der Waals surface area contributed by atoms with Crippen molar-refractivity contribution in [3.63, 3.8) is 0 Å². The summed E-state index contributed by atoms with van der Waals surface area (Å²) in [7, 11) is 1.75. The standard InChI is InChI=1S/C13H12Cl2N4OS/c1-19-18-12(10-7(14)4-3-5-8(10)15)11-9(20-19)6-16-13(17-11)21-2/h3-6,12,18H,1-2H3. The number of hydrogen-bond acceptors (Lipinski definition) is 6. The molecule has 1 N–H and O–H groups in total. The first-order chi connectivity index (χ1) is 10.1. The highest BCUT2D eigenvalue weighted by Crippen LogP contribution is 2.39. The monoisotopic (exact) mass is 342 g/mol. The Morgan fingerprint density at radius 2 is 2.05 bits per heavy atom. The first kappa shape index (κ1) is 14.9. The van der Waals surface area contributed by atoms with Gasteiger partial charge in [-0.1, -0.05) is 46.2 Å². The van der Waals surface area contributed by atoms with Gasteiger partial charge in [-0.05, 0) is 18.4 Å². The third-order valence-electron chi connectivity index (χ3n) is 3.05. The van der Waals surface area contributed by atoms with E-state index in [0.717, 1.165) is 5.56 Å². The van der Waals surface area contributed by atoms with E-state index in [4.69, 9.17) is 28.0 Å². The molecule has 0 fully saturated rings. The number of nitrogens with zero attached hydrogens (tertiary/aromatic N) is 3. The fourth-order valence-corrected chi connectivity index (χ4v) is 3.11. The predicted molar refractivity (Wildman–Crippen MR) is 83.6 cm³/mol. The van der Waals surface area contributed by atoms with Gasteiger partial charge in [0.1, 0.15) is 5.69 Å². The second-order valence-electron chi connectivity index (χ2n) is 4.39. The smallest absolute Gasteiger partial charge is 0.191 e. The van der Waals surface area contributed by atoms with Crippen LogP contribution in [0.25, 0.3) is 0 Å². The van der Waals surface area contributed by atoms with E-state index >= 15 is 0 Å². The number of thioether (sulfide) groups is 1. The van der Waals surface area contributed by atoms with Crippen molar-refractivity contribution in [3.8, 4) is 5.75 Å². The number of nitrogens with one attached hydrogen (secondary N) is 1. The van der Waals surface area contributed by atoms with Crippen molar-refractivity contribution in [3.05, 3.63) is 45.7 Å². The van der Waals surface area contributed by atoms with Crippen molar-refractivity contribution in [2.75, 3.05) is 13.3 Å². The summed E-state index contributed by atoms with van der Waals surface area (Å²) in [6, 6.07) is 5.12. The number of benzene rings is 1. The number of fused-ring (bicyclic) bond motifs is 1. The highest BCUT2D eigenvalue weighted by molar-refractivity contribution is 7.98. The maximum atomic E-state index is 6.32. The van der Waals surface area contributed by atoms with Gasteiger partial charge < -0.3 is 4.84 Å². The van der Waals surface area contributed by atoms with Crippen LogP contribution in [0.1, 0.15) is 17.3 Å². The Labute approximate surface area is 136 Å². The van der Waals surface area contributed by atoms with Gasteiger partial charge in [-0.25, -0.2) is 15.4 Å². The first-order valence-electron chi connectivity index (χ1n) is 6.13. The van der Waals surface area contributed by atoms with Crippen LogP contribution in [0, 0.1) is 0 Å². The summed E-state index contributed by atoms with van der Waals surface area (Å²) in [4.78, 5) is 14.3. The van der Waals surface area contributed by atoms with E-state index in [1.807, 2.05) is 12.3 Å². The minimum atomic E-state index is -0.297. The molecule has 1 aromatic heterocycles. The van der Waals surface area contributed by atoms with Gasteiger partial charge in [-0.3, -0.25) is 0 Å². The highest BCUT2D eigenvalue weighted by Gasteiger charge is 2.31. The molecule has 1 aromatic carbocycles. The van der Waals surface area contributed by atoms with Crippen molar-refractivity contribution < 1.29 is 4.84 Å². The van der Waals surface area contributed by atoms with Crippen LogP contribution in [-0.4, -0.2) is 28.4 Å². The van der Waals surface area contributed by atoms with E-state index in [1.54, 1.807) is 25.4 Å². The molecule has 1 aliphatic heterocycles. The first-order valence-corrected chi connectivity index (χ1v) is 8.11. The Bertz CT molecular complexity index is 665. The van der Waals surface area contributed by atoms with Crippen LogP contribution < -0.4 is 10.3 Å². The maximum Gasteiger partial charge on any atom is 0.191 e. The van der Waals surface area contributed by atoms with Crippen molar-refractivity contribution in [1.29, 1.82) is 0 Å². The van der Waals surface area contributed by atoms with Gasteiger partial charge in [0, 0.05) is 22.7 Å². The molecule has 0 spiro atoms. The average molecular weight is 343 g/mol. The maximum absolute atomic E-state index is 6.32. The zero-order chi connectivity index (χ0) is 15.0. The van der Waals surface area contributed by atoms with E-state index < -0.39 is 0 Å². The Kier molecular flexibility index (Phi) is 4.24. The molecule has 3 rings (SSSR count). The molecule has 0 amide bonds. The lowest BCUT2D eigenvalue weighted by atomic mass is 10.0. The number of rotatable bonds is 2. The average Bonchev–Trinajstić information content (AvgIpc) is 2.46. The van der Waals surface area contributed by atoms with Gasteiger partial charge in [0.05, 0.1) is 12.2 Å². The Morgan fingerprint density at radius 1 is 1.33 bits per heavy atom. The number of halogens is 2. The summed E-state index contributed by atoms with van der Waals surface area (Å²) < 4.78 is 0. The highest BCUT2D eigenvalue weighted by atomic mass is 35.5. The second-order valence-corrected chi connectivity index (χ2v) is 5.98. The van der Waals surface area contributed by atoms with Crippen molar-refractivity contribution in [1.82, 2.24) is 20.6 Å². The largest absolute Gasteiger partial charge is 0.388 e. The molecular weight excluding hydrogens is 331 g/mol. The molecule has 0 aliphatic carbocycles. The Balaban J connectivity index is 2.16. The van der Waals surface area contributed by atoms with Gasteiger partial charge in [0.2, 0.25) is 0 Å². The Hall–Kier alpha value is -1.05. The van der Waals surface area contributed by atoms with Gasteiger partial charge in [0.15, 0.2) is 10.9 Å². The number of hydroxylamine groups is 1. The molecule has 0 radical (unpaired) electrons. The van der Waals surface area contributed by atoms with Crippen LogP contribution in [0.15, 0.2) is 29.6 Å². The van der Waals surface area contributed by atoms with E-state index in [0.29, 0.717) is 26.6 Å². The molecule has 21 heavy (non-hydrogen) atoms. The summed E-state index contributed by atoms with van der Waals surface area (Å²) in [5.74, 6) is 0.579. The fourth-order valence-electron chi connectivity index (χ4n) is 2.15. The molecule has 8 heteroatoms. The summed E-state index contributed by atoms with van der Waals surface area (Å²) in [6.45, 7) is 0. The molecule has 2 aromatic rings. The topological polar surface area (TPSA) is 50.3 Å². The minimum absolute atomic E-state index is 0.297. The van der Waals surface area contributed by atoms with Crippen molar-refractivity contribution in [2.45, 2.75) is 11.2 Å². The SMILES string of the molecule is CSc1ncc2c(n1)C(c1c(Cl)cccc1Cl)NN(C)O2. The molecular formula is C13H12Cl2N4OS. The molecule has 1 atom stereocenters. The molecule has 110 valence electrons. The molecule has 0 saturated heterocycles. The van der Waals surface area contributed by atoms with E-state index in [9.17, 15) is 0 Å². The minimum Gasteiger partial charge on any atom is -0.388 e. The fraction of sp³-hybridized carbons (Fsp3) is 0.231. The van der Waals surface area contributed by atoms with Crippen LogP contribution in [-0.2, 0) is 0 Å². The zero-order valence-corrected chi connectivity index (χ0v) is 13.6. The molecule has 1 unspecified atom stereocenters. The van der Waals surface area contributed by atoms with Crippen LogP contribution in [0.5, 0.6) is 5.75 Å². The van der Waals surface area contributed by atoms with Gasteiger partial charge in [-0.15, -0.1) is 0 Å². The third kappa shape index (κ3) is 2.82. The molecule has 1 aliphatic rings. The van der Waals surface area contributed by atoms with Crippen LogP contribution in [0.4, 0.5) is 0 Å². The van der Waals surface area contributed by atoms with E-state index in [-0.39, 0.29) is 6.04 Å². The number of hydrogen-bond donors (Lipinski definition) is 1. The lowest BCUT2D eigenvalue weighted by molar-refractivity contribution is -0.105. The summed E-state index contributed by atoms with van der Waals surface area (Å²) >= 11 is 14.1. The molecule has 0 saturated carbocycles. The second kappa shape index (κ2) is 5.98. The number of aromatic nitrogens is 2. The third-order valence-corrected chi connectivity index (χ3v) is 4.27. The van der Waals surface area contributed by atoms with Gasteiger partial charge in [0.25, 0.3) is 0 Å². The summed E-state index contributed by atoms with van der Waals surface area (Å²) in [5, 5.41) is 3.31. The van der Waals surface area contributed by atoms with E-state index in [1.165, 1.54) is 16.9 Å². The van der Waals surface area contributed by atoms with Crippen LogP contribution in [0.2, 0.25) is 10.0 Å². The normalized spacial score (nSPS) is 18.2. The van der Waals surface area contributed by atoms with Crippen molar-refractivity contribution in [2.24, 2.45) is 0 Å². The van der Waals surface area contributed by atoms with Crippen molar-refractivity contribution >= 4 is 35.0 Å². The zero-order valence-electron chi connectivity index (χ0n) is 11.3. The summed E-state index contributed by atoms with van der Waals surface area (Å²) in [5.41, 5.74) is 4.64. The number of hydrazine groups is 1.